The molecule has 1 N–H and O–H groups in total. The van der Waals surface area contributed by atoms with E-state index in [9.17, 15) is 25.0 Å². The molecule has 3 aromatic carbocycles. The van der Waals surface area contributed by atoms with Crippen LogP contribution in [0.25, 0.3) is 0 Å². The Kier molecular flexibility index (Phi) is 5.66. The van der Waals surface area contributed by atoms with Crippen molar-refractivity contribution >= 4 is 34.7 Å². The van der Waals surface area contributed by atoms with Gasteiger partial charge in [-0.1, -0.05) is 30.0 Å². The summed E-state index contributed by atoms with van der Waals surface area (Å²) in [5.74, 6) is -0.412. The van der Waals surface area contributed by atoms with Gasteiger partial charge in [-0.15, -0.1) is 0 Å². The Balaban J connectivity index is 1.81. The van der Waals surface area contributed by atoms with Crippen LogP contribution in [-0.4, -0.2) is 15.8 Å². The third kappa shape index (κ3) is 4.51. The molecule has 0 fully saturated rings. The number of nitro benzene ring substituents is 2. The Bertz CT molecular complexity index is 1050. The van der Waals surface area contributed by atoms with Crippen molar-refractivity contribution in [3.8, 4) is 0 Å². The molecule has 3 rings (SSSR count). The predicted molar refractivity (Wildman–Crippen MR) is 105 cm³/mol. The summed E-state index contributed by atoms with van der Waals surface area (Å²) in [7, 11) is 0. The van der Waals surface area contributed by atoms with E-state index in [1.807, 2.05) is 0 Å². The molecule has 0 aliphatic carbocycles. The summed E-state index contributed by atoms with van der Waals surface area (Å²) in [6.07, 6.45) is 0. The summed E-state index contributed by atoms with van der Waals surface area (Å²) in [4.78, 5) is 34.7. The Labute approximate surface area is 163 Å². The predicted octanol–water partition coefficient (Wildman–Crippen LogP) is 4.91. The van der Waals surface area contributed by atoms with Crippen LogP contribution in [0.1, 0.15) is 10.4 Å². The second-order valence-electron chi connectivity index (χ2n) is 5.61. The molecule has 140 valence electrons. The van der Waals surface area contributed by atoms with E-state index in [0.29, 0.717) is 16.1 Å². The first-order valence-electron chi connectivity index (χ1n) is 8.01. The number of nitro groups is 2. The topological polar surface area (TPSA) is 115 Å². The summed E-state index contributed by atoms with van der Waals surface area (Å²) >= 11 is 1.29. The third-order valence-electron chi connectivity index (χ3n) is 3.72. The van der Waals surface area contributed by atoms with Crippen LogP contribution in [0.15, 0.2) is 82.6 Å². The van der Waals surface area contributed by atoms with E-state index in [1.165, 1.54) is 42.1 Å². The van der Waals surface area contributed by atoms with E-state index in [4.69, 9.17) is 0 Å². The van der Waals surface area contributed by atoms with Gasteiger partial charge in [-0.3, -0.25) is 25.0 Å². The zero-order valence-electron chi connectivity index (χ0n) is 14.3. The summed E-state index contributed by atoms with van der Waals surface area (Å²) < 4.78 is 0. The molecule has 8 nitrogen and oxygen atoms in total. The van der Waals surface area contributed by atoms with Crippen molar-refractivity contribution in [2.45, 2.75) is 9.79 Å². The summed E-state index contributed by atoms with van der Waals surface area (Å²) in [5, 5.41) is 24.3. The standard InChI is InChI=1S/C19H13N3O5S/c23-19(20-13-4-3-5-15(12-13)22(26)27)17-6-1-2-7-18(17)28-16-10-8-14(9-11-16)21(24)25/h1-12H,(H,20,23). The highest BCUT2D eigenvalue weighted by atomic mass is 32.2. The number of hydrogen-bond donors (Lipinski definition) is 1. The number of nitrogens with one attached hydrogen (secondary N) is 1. The van der Waals surface area contributed by atoms with Crippen molar-refractivity contribution in [1.29, 1.82) is 0 Å². The smallest absolute Gasteiger partial charge is 0.271 e. The molecular formula is C19H13N3O5S. The van der Waals surface area contributed by atoms with Crippen LogP contribution in [0, 0.1) is 20.2 Å². The average Bonchev–Trinajstić information content (AvgIpc) is 2.69. The van der Waals surface area contributed by atoms with Crippen LogP contribution < -0.4 is 5.32 Å². The molecule has 0 atom stereocenters. The lowest BCUT2D eigenvalue weighted by atomic mass is 10.2. The van der Waals surface area contributed by atoms with E-state index in [0.717, 1.165) is 4.90 Å². The molecule has 28 heavy (non-hydrogen) atoms. The summed E-state index contributed by atoms with van der Waals surface area (Å²) in [6, 6.07) is 18.6. The molecule has 0 saturated heterocycles. The monoisotopic (exact) mass is 395 g/mol. The van der Waals surface area contributed by atoms with E-state index in [1.54, 1.807) is 42.5 Å². The van der Waals surface area contributed by atoms with E-state index in [2.05, 4.69) is 5.32 Å². The third-order valence-corrected chi connectivity index (χ3v) is 4.81. The van der Waals surface area contributed by atoms with Gasteiger partial charge in [0.05, 0.1) is 15.4 Å². The largest absolute Gasteiger partial charge is 0.322 e. The molecule has 0 unspecified atom stereocenters. The Morgan fingerprint density at radius 2 is 1.50 bits per heavy atom. The van der Waals surface area contributed by atoms with E-state index >= 15 is 0 Å². The second kappa shape index (κ2) is 8.31. The second-order valence-corrected chi connectivity index (χ2v) is 6.73. The lowest BCUT2D eigenvalue weighted by Gasteiger charge is -2.10. The number of nitrogens with zero attached hydrogens (tertiary/aromatic N) is 2. The molecule has 0 radical (unpaired) electrons. The van der Waals surface area contributed by atoms with Gasteiger partial charge < -0.3 is 5.32 Å². The maximum Gasteiger partial charge on any atom is 0.271 e. The molecule has 0 aliphatic rings. The number of rotatable bonds is 6. The number of carbonyl (C=O) groups excluding carboxylic acids is 1. The van der Waals surface area contributed by atoms with Crippen molar-refractivity contribution < 1.29 is 14.6 Å². The number of benzene rings is 3. The Morgan fingerprint density at radius 1 is 0.821 bits per heavy atom. The first kappa shape index (κ1) is 19.1. The van der Waals surface area contributed by atoms with Crippen molar-refractivity contribution in [3.63, 3.8) is 0 Å². The van der Waals surface area contributed by atoms with Crippen LogP contribution in [0.4, 0.5) is 17.1 Å². The Hall–Kier alpha value is -3.72. The van der Waals surface area contributed by atoms with Gasteiger partial charge in [-0.2, -0.15) is 0 Å². The lowest BCUT2D eigenvalue weighted by molar-refractivity contribution is -0.385. The maximum absolute atomic E-state index is 12.7. The quantitative estimate of drug-likeness (QED) is 0.468. The van der Waals surface area contributed by atoms with Crippen LogP contribution in [-0.2, 0) is 0 Å². The minimum atomic E-state index is -0.534. The molecule has 0 spiro atoms. The van der Waals surface area contributed by atoms with Crippen LogP contribution in [0.2, 0.25) is 0 Å². The number of carbonyl (C=O) groups is 1. The Morgan fingerprint density at radius 3 is 2.18 bits per heavy atom. The van der Waals surface area contributed by atoms with Gasteiger partial charge in [0, 0.05) is 39.7 Å². The number of anilines is 1. The zero-order valence-corrected chi connectivity index (χ0v) is 15.1. The fourth-order valence-electron chi connectivity index (χ4n) is 2.40. The zero-order chi connectivity index (χ0) is 20.1. The van der Waals surface area contributed by atoms with Crippen LogP contribution >= 0.6 is 11.8 Å². The highest BCUT2D eigenvalue weighted by molar-refractivity contribution is 7.99. The molecule has 0 heterocycles. The molecule has 0 aliphatic heterocycles. The highest BCUT2D eigenvalue weighted by Crippen LogP contribution is 2.32. The van der Waals surface area contributed by atoms with Gasteiger partial charge >= 0.3 is 0 Å². The molecule has 1 amide bonds. The highest BCUT2D eigenvalue weighted by Gasteiger charge is 2.14. The van der Waals surface area contributed by atoms with E-state index in [-0.39, 0.29) is 11.4 Å². The minimum absolute atomic E-state index is 0.0129. The van der Waals surface area contributed by atoms with Crippen molar-refractivity contribution in [2.75, 3.05) is 5.32 Å². The van der Waals surface area contributed by atoms with Gasteiger partial charge in [0.25, 0.3) is 17.3 Å². The average molecular weight is 395 g/mol. The van der Waals surface area contributed by atoms with Crippen LogP contribution in [0.5, 0.6) is 0 Å². The lowest BCUT2D eigenvalue weighted by Crippen LogP contribution is -2.13. The van der Waals surface area contributed by atoms with Gasteiger partial charge in [0.2, 0.25) is 0 Å². The van der Waals surface area contributed by atoms with Crippen LogP contribution in [0.3, 0.4) is 0 Å². The summed E-state index contributed by atoms with van der Waals surface area (Å²) in [6.45, 7) is 0. The normalized spacial score (nSPS) is 10.3. The van der Waals surface area contributed by atoms with Gasteiger partial charge in [0.1, 0.15) is 0 Å². The van der Waals surface area contributed by atoms with Crippen molar-refractivity contribution in [3.05, 3.63) is 98.6 Å². The number of non-ortho nitro benzene ring substituents is 2. The molecule has 0 saturated carbocycles. The molecule has 9 heteroatoms. The summed E-state index contributed by atoms with van der Waals surface area (Å²) in [5.41, 5.74) is 0.569. The number of amides is 1. The molecule has 3 aromatic rings. The molecular weight excluding hydrogens is 382 g/mol. The van der Waals surface area contributed by atoms with Crippen molar-refractivity contribution in [1.82, 2.24) is 0 Å². The van der Waals surface area contributed by atoms with Gasteiger partial charge in [-0.25, -0.2) is 0 Å². The fraction of sp³-hybridized carbons (Fsp3) is 0. The fourth-order valence-corrected chi connectivity index (χ4v) is 3.35. The molecule has 0 bridgehead atoms. The van der Waals surface area contributed by atoms with E-state index < -0.39 is 15.8 Å². The first-order chi connectivity index (χ1) is 13.4. The first-order valence-corrected chi connectivity index (χ1v) is 8.83. The van der Waals surface area contributed by atoms with Gasteiger partial charge in [-0.05, 0) is 30.3 Å². The van der Waals surface area contributed by atoms with Crippen molar-refractivity contribution in [2.24, 2.45) is 0 Å². The number of hydrogen-bond acceptors (Lipinski definition) is 6. The molecule has 0 aromatic heterocycles. The minimum Gasteiger partial charge on any atom is -0.322 e. The maximum atomic E-state index is 12.7. The SMILES string of the molecule is O=C(Nc1cccc([N+](=O)[O-])c1)c1ccccc1Sc1ccc([N+](=O)[O-])cc1. The van der Waals surface area contributed by atoms with Gasteiger partial charge in [0.15, 0.2) is 0 Å².